The van der Waals surface area contributed by atoms with Gasteiger partial charge in [0.25, 0.3) is 5.91 Å². The van der Waals surface area contributed by atoms with Crippen LogP contribution in [0.5, 0.6) is 5.75 Å². The first-order valence-corrected chi connectivity index (χ1v) is 14.5. The summed E-state index contributed by atoms with van der Waals surface area (Å²) in [6.07, 6.45) is 3.94. The molecule has 2 heterocycles. The van der Waals surface area contributed by atoms with Crippen molar-refractivity contribution in [1.82, 2.24) is 14.7 Å². The van der Waals surface area contributed by atoms with Crippen molar-refractivity contribution in [3.8, 4) is 5.75 Å². The highest BCUT2D eigenvalue weighted by molar-refractivity contribution is 6.05. The van der Waals surface area contributed by atoms with Crippen LogP contribution in [0.4, 0.5) is 14.9 Å². The van der Waals surface area contributed by atoms with E-state index in [9.17, 15) is 14.0 Å². The summed E-state index contributed by atoms with van der Waals surface area (Å²) in [4.78, 5) is 32.1. The molecule has 0 radical (unpaired) electrons. The predicted octanol–water partition coefficient (Wildman–Crippen LogP) is 4.89. The van der Waals surface area contributed by atoms with Crippen molar-refractivity contribution in [2.75, 3.05) is 64.9 Å². The van der Waals surface area contributed by atoms with E-state index in [1.165, 1.54) is 24.3 Å². The third kappa shape index (κ3) is 7.95. The normalized spacial score (nSPS) is 17.1. The SMILES string of the molecule is CCCN(CC1CCN(C(=O)N2CCOCC2)CC1)[C@H](C)Cc1ccc(OC)c(NC(=O)c2ccc(F)cc2)c1. The Labute approximate surface area is 237 Å². The number of carbonyl (C=O) groups excluding carboxylic acids is 2. The summed E-state index contributed by atoms with van der Waals surface area (Å²) < 4.78 is 24.2. The molecule has 2 saturated heterocycles. The molecule has 1 N–H and O–H groups in total. The molecule has 0 spiro atoms. The summed E-state index contributed by atoms with van der Waals surface area (Å²) in [5.41, 5.74) is 2.09. The van der Waals surface area contributed by atoms with Crippen molar-refractivity contribution in [2.24, 2.45) is 5.92 Å². The molecular weight excluding hydrogens is 511 g/mol. The Kier molecular flexibility index (Phi) is 10.8. The number of amides is 3. The molecule has 40 heavy (non-hydrogen) atoms. The molecule has 4 rings (SSSR count). The number of methoxy groups -OCH3 is 1. The Hall–Kier alpha value is -3.17. The van der Waals surface area contributed by atoms with Crippen molar-refractivity contribution in [2.45, 2.75) is 45.6 Å². The molecule has 2 aliphatic heterocycles. The van der Waals surface area contributed by atoms with Crippen LogP contribution in [0.15, 0.2) is 42.5 Å². The minimum absolute atomic E-state index is 0.155. The van der Waals surface area contributed by atoms with E-state index in [0.717, 1.165) is 57.4 Å². The van der Waals surface area contributed by atoms with Gasteiger partial charge in [-0.2, -0.15) is 0 Å². The monoisotopic (exact) mass is 554 g/mol. The number of nitrogens with zero attached hydrogens (tertiary/aromatic N) is 3. The fraction of sp³-hybridized carbons (Fsp3) is 0.548. The quantitative estimate of drug-likeness (QED) is 0.453. The number of rotatable bonds is 10. The topological polar surface area (TPSA) is 74.3 Å². The maximum absolute atomic E-state index is 13.3. The van der Waals surface area contributed by atoms with Crippen molar-refractivity contribution in [3.05, 3.63) is 59.4 Å². The highest BCUT2D eigenvalue weighted by atomic mass is 19.1. The maximum atomic E-state index is 13.3. The number of halogens is 1. The second kappa shape index (κ2) is 14.5. The first-order chi connectivity index (χ1) is 19.4. The number of ether oxygens (including phenoxy) is 2. The summed E-state index contributed by atoms with van der Waals surface area (Å²) in [5, 5.41) is 2.93. The van der Waals surface area contributed by atoms with E-state index >= 15 is 0 Å². The number of urea groups is 1. The summed E-state index contributed by atoms with van der Waals surface area (Å²) in [5.74, 6) is 0.447. The largest absolute Gasteiger partial charge is 0.495 e. The highest BCUT2D eigenvalue weighted by Gasteiger charge is 2.29. The summed E-state index contributed by atoms with van der Waals surface area (Å²) >= 11 is 0. The van der Waals surface area contributed by atoms with Crippen molar-refractivity contribution < 1.29 is 23.5 Å². The van der Waals surface area contributed by atoms with E-state index in [4.69, 9.17) is 9.47 Å². The molecule has 0 aliphatic carbocycles. The molecule has 3 amide bonds. The number of hydrogen-bond donors (Lipinski definition) is 1. The Morgan fingerprint density at radius 3 is 2.40 bits per heavy atom. The van der Waals surface area contributed by atoms with Crippen LogP contribution in [0.25, 0.3) is 0 Å². The number of morpholine rings is 1. The van der Waals surface area contributed by atoms with Gasteiger partial charge in [-0.1, -0.05) is 13.0 Å². The second-order valence-corrected chi connectivity index (χ2v) is 10.9. The lowest BCUT2D eigenvalue weighted by Crippen LogP contribution is -2.51. The fourth-order valence-electron chi connectivity index (χ4n) is 5.62. The molecule has 1 atom stereocenters. The van der Waals surface area contributed by atoms with Gasteiger partial charge < -0.3 is 29.5 Å². The van der Waals surface area contributed by atoms with Gasteiger partial charge in [0.15, 0.2) is 0 Å². The number of benzene rings is 2. The van der Waals surface area contributed by atoms with E-state index < -0.39 is 0 Å². The third-order valence-corrected chi connectivity index (χ3v) is 7.94. The first-order valence-electron chi connectivity index (χ1n) is 14.5. The molecule has 2 aliphatic rings. The molecule has 0 aromatic heterocycles. The van der Waals surface area contributed by atoms with Gasteiger partial charge in [0, 0.05) is 44.3 Å². The zero-order valence-corrected chi connectivity index (χ0v) is 24.0. The number of piperidine rings is 1. The van der Waals surface area contributed by atoms with Crippen LogP contribution in [0, 0.1) is 11.7 Å². The molecule has 2 aromatic carbocycles. The summed E-state index contributed by atoms with van der Waals surface area (Å²) in [7, 11) is 1.58. The molecule has 0 saturated carbocycles. The van der Waals surface area contributed by atoms with Crippen LogP contribution in [0.1, 0.15) is 49.0 Å². The van der Waals surface area contributed by atoms with E-state index in [2.05, 4.69) is 24.1 Å². The molecule has 218 valence electrons. The summed E-state index contributed by atoms with van der Waals surface area (Å²) in [6, 6.07) is 11.8. The van der Waals surface area contributed by atoms with Crippen LogP contribution in [-0.4, -0.2) is 92.3 Å². The van der Waals surface area contributed by atoms with Crippen LogP contribution in [0.3, 0.4) is 0 Å². The maximum Gasteiger partial charge on any atom is 0.320 e. The number of carbonyl (C=O) groups is 2. The Morgan fingerprint density at radius 1 is 1.07 bits per heavy atom. The van der Waals surface area contributed by atoms with Crippen LogP contribution >= 0.6 is 0 Å². The fourth-order valence-corrected chi connectivity index (χ4v) is 5.62. The average molecular weight is 555 g/mol. The molecular formula is C31H43FN4O4. The highest BCUT2D eigenvalue weighted by Crippen LogP contribution is 2.28. The smallest absolute Gasteiger partial charge is 0.320 e. The van der Waals surface area contributed by atoms with Gasteiger partial charge in [0.1, 0.15) is 11.6 Å². The van der Waals surface area contributed by atoms with Crippen LogP contribution in [-0.2, 0) is 11.2 Å². The van der Waals surface area contributed by atoms with E-state index in [-0.39, 0.29) is 17.8 Å². The van der Waals surface area contributed by atoms with Crippen molar-refractivity contribution in [1.29, 1.82) is 0 Å². The molecule has 0 unspecified atom stereocenters. The predicted molar refractivity (Wildman–Crippen MR) is 154 cm³/mol. The van der Waals surface area contributed by atoms with E-state index in [1.54, 1.807) is 7.11 Å². The lowest BCUT2D eigenvalue weighted by Gasteiger charge is -2.39. The zero-order chi connectivity index (χ0) is 28.5. The molecule has 8 nitrogen and oxygen atoms in total. The number of likely N-dealkylation sites (tertiary alicyclic amines) is 1. The molecule has 9 heteroatoms. The van der Waals surface area contributed by atoms with Crippen LogP contribution < -0.4 is 10.1 Å². The average Bonchev–Trinajstić information content (AvgIpc) is 2.98. The molecule has 2 fully saturated rings. The number of hydrogen-bond acceptors (Lipinski definition) is 5. The van der Waals surface area contributed by atoms with Gasteiger partial charge in [0.2, 0.25) is 0 Å². The van der Waals surface area contributed by atoms with Gasteiger partial charge >= 0.3 is 6.03 Å². The van der Waals surface area contributed by atoms with Crippen LogP contribution in [0.2, 0.25) is 0 Å². The number of nitrogens with one attached hydrogen (secondary N) is 1. The van der Waals surface area contributed by atoms with Gasteiger partial charge in [-0.3, -0.25) is 4.79 Å². The zero-order valence-electron chi connectivity index (χ0n) is 24.0. The number of anilines is 1. The van der Waals surface area contributed by atoms with Gasteiger partial charge in [-0.25, -0.2) is 9.18 Å². The third-order valence-electron chi connectivity index (χ3n) is 7.94. The van der Waals surface area contributed by atoms with Gasteiger partial charge in [0.05, 0.1) is 26.0 Å². The van der Waals surface area contributed by atoms with E-state index in [0.29, 0.717) is 55.3 Å². The molecule has 0 bridgehead atoms. The minimum Gasteiger partial charge on any atom is -0.495 e. The van der Waals surface area contributed by atoms with Crippen molar-refractivity contribution in [3.63, 3.8) is 0 Å². The van der Waals surface area contributed by atoms with Crippen molar-refractivity contribution >= 4 is 17.6 Å². The minimum atomic E-state index is -0.381. The Morgan fingerprint density at radius 2 is 1.75 bits per heavy atom. The Bertz CT molecular complexity index is 1110. The second-order valence-electron chi connectivity index (χ2n) is 10.9. The standard InChI is InChI=1S/C31H43FN4O4/c1-4-13-36(22-24-11-14-34(15-12-24)31(38)35-16-18-40-19-17-35)23(2)20-25-5-10-29(39-3)28(21-25)33-30(37)26-6-8-27(32)9-7-26/h5-10,21,23-24H,4,11-20,22H2,1-3H3,(H,33,37)/t23-/m1/s1. The lowest BCUT2D eigenvalue weighted by molar-refractivity contribution is 0.0386. The van der Waals surface area contributed by atoms with Gasteiger partial charge in [-0.15, -0.1) is 0 Å². The lowest BCUT2D eigenvalue weighted by atomic mass is 9.95. The Balaban J connectivity index is 1.34. The summed E-state index contributed by atoms with van der Waals surface area (Å²) in [6.45, 7) is 10.7. The first kappa shape index (κ1) is 29.8. The molecule has 2 aromatic rings. The van der Waals surface area contributed by atoms with E-state index in [1.807, 2.05) is 28.0 Å². The van der Waals surface area contributed by atoms with Gasteiger partial charge in [-0.05, 0) is 87.0 Å².